The van der Waals surface area contributed by atoms with Crippen molar-refractivity contribution in [2.24, 2.45) is 0 Å². The summed E-state index contributed by atoms with van der Waals surface area (Å²) in [6.07, 6.45) is 4.47. The Hall–Kier alpha value is -3.66. The van der Waals surface area contributed by atoms with Gasteiger partial charge in [-0.3, -0.25) is 15.1 Å². The molecule has 0 bridgehead atoms. The molecule has 0 atom stereocenters. The van der Waals surface area contributed by atoms with Crippen molar-refractivity contribution in [1.29, 1.82) is 0 Å². The molecule has 1 N–H and O–H groups in total. The van der Waals surface area contributed by atoms with Gasteiger partial charge >= 0.3 is 0 Å². The zero-order chi connectivity index (χ0) is 21.1. The molecular formula is C20H16FN5O3S. The molecule has 152 valence electrons. The summed E-state index contributed by atoms with van der Waals surface area (Å²) >= 11 is 1.11. The number of hydrogen-bond acceptors (Lipinski definition) is 8. The van der Waals surface area contributed by atoms with E-state index in [1.54, 1.807) is 18.3 Å². The highest BCUT2D eigenvalue weighted by atomic mass is 32.1. The van der Waals surface area contributed by atoms with E-state index in [9.17, 15) is 9.18 Å². The van der Waals surface area contributed by atoms with Gasteiger partial charge in [-0.1, -0.05) is 11.3 Å². The number of thiazole rings is 1. The highest BCUT2D eigenvalue weighted by molar-refractivity contribution is 7.22. The normalized spacial score (nSPS) is 10.8. The first kappa shape index (κ1) is 19.6. The van der Waals surface area contributed by atoms with Crippen molar-refractivity contribution in [2.45, 2.75) is 6.92 Å². The number of rotatable bonds is 6. The number of nitrogens with one attached hydrogen (secondary N) is 1. The number of halogens is 1. The zero-order valence-electron chi connectivity index (χ0n) is 16.0. The smallest absolute Gasteiger partial charge is 0.277 e. The van der Waals surface area contributed by atoms with Gasteiger partial charge in [0.25, 0.3) is 5.91 Å². The van der Waals surface area contributed by atoms with E-state index >= 15 is 0 Å². The highest BCUT2D eigenvalue weighted by Crippen LogP contribution is 2.35. The van der Waals surface area contributed by atoms with Crippen molar-refractivity contribution in [3.63, 3.8) is 0 Å². The van der Waals surface area contributed by atoms with Gasteiger partial charge in [-0.25, -0.2) is 19.3 Å². The molecule has 1 aromatic carbocycles. The molecule has 0 saturated carbocycles. The lowest BCUT2D eigenvalue weighted by Gasteiger charge is -2.05. The van der Waals surface area contributed by atoms with Crippen LogP contribution in [-0.2, 0) is 0 Å². The van der Waals surface area contributed by atoms with Crippen LogP contribution < -0.4 is 14.8 Å². The van der Waals surface area contributed by atoms with Gasteiger partial charge in [0, 0.05) is 17.8 Å². The number of aromatic nitrogens is 4. The first-order valence-corrected chi connectivity index (χ1v) is 9.76. The number of hydrogen-bond donors (Lipinski definition) is 1. The maximum absolute atomic E-state index is 14.0. The quantitative estimate of drug-likeness (QED) is 0.499. The fourth-order valence-electron chi connectivity index (χ4n) is 2.71. The van der Waals surface area contributed by atoms with E-state index in [1.807, 2.05) is 6.92 Å². The summed E-state index contributed by atoms with van der Waals surface area (Å²) in [4.78, 5) is 29.4. The molecule has 0 unspecified atom stereocenters. The van der Waals surface area contributed by atoms with Gasteiger partial charge in [-0.05, 0) is 25.1 Å². The largest absolute Gasteiger partial charge is 0.495 e. The SMILES string of the molecule is CCOc1ccc(-c2cncc(C(=O)Nc3nc4c(F)ccc(OC)c4s3)n2)cn1. The van der Waals surface area contributed by atoms with E-state index in [0.29, 0.717) is 34.2 Å². The van der Waals surface area contributed by atoms with Crippen molar-refractivity contribution in [1.82, 2.24) is 19.9 Å². The number of amides is 1. The fourth-order valence-corrected chi connectivity index (χ4v) is 3.67. The Kier molecular flexibility index (Phi) is 5.48. The van der Waals surface area contributed by atoms with Crippen LogP contribution in [0.25, 0.3) is 21.5 Å². The summed E-state index contributed by atoms with van der Waals surface area (Å²) in [6, 6.07) is 6.29. The second kappa shape index (κ2) is 8.37. The minimum absolute atomic E-state index is 0.0908. The molecule has 3 heterocycles. The summed E-state index contributed by atoms with van der Waals surface area (Å²) in [5, 5.41) is 2.87. The standard InChI is InChI=1S/C20H16FN5O3S/c1-3-29-16-7-4-11(8-23-16)13-9-22-10-14(24-13)19(27)26-20-25-17-12(21)5-6-15(28-2)18(17)30-20/h4-10H,3H2,1-2H3,(H,25,26,27). The van der Waals surface area contributed by atoms with E-state index in [2.05, 4.69) is 25.3 Å². The van der Waals surface area contributed by atoms with Gasteiger partial charge in [0.1, 0.15) is 21.7 Å². The number of methoxy groups -OCH3 is 1. The van der Waals surface area contributed by atoms with Crippen LogP contribution >= 0.6 is 11.3 Å². The van der Waals surface area contributed by atoms with Gasteiger partial charge in [0.2, 0.25) is 5.88 Å². The lowest BCUT2D eigenvalue weighted by Crippen LogP contribution is -2.14. The molecule has 0 aliphatic rings. The van der Waals surface area contributed by atoms with Gasteiger partial charge < -0.3 is 9.47 Å². The Morgan fingerprint density at radius 3 is 2.77 bits per heavy atom. The maximum Gasteiger partial charge on any atom is 0.277 e. The van der Waals surface area contributed by atoms with Crippen LogP contribution in [0.15, 0.2) is 42.9 Å². The Morgan fingerprint density at radius 1 is 1.17 bits per heavy atom. The van der Waals surface area contributed by atoms with Gasteiger partial charge in [-0.2, -0.15) is 0 Å². The third-order valence-electron chi connectivity index (χ3n) is 4.09. The molecule has 0 spiro atoms. The van der Waals surface area contributed by atoms with Crippen LogP contribution in [0, 0.1) is 5.82 Å². The second-order valence-corrected chi connectivity index (χ2v) is 7.01. The van der Waals surface area contributed by atoms with Crippen LogP contribution in [0.2, 0.25) is 0 Å². The molecular weight excluding hydrogens is 409 g/mol. The minimum atomic E-state index is -0.512. The molecule has 3 aromatic heterocycles. The zero-order valence-corrected chi connectivity index (χ0v) is 16.9. The molecule has 0 radical (unpaired) electrons. The summed E-state index contributed by atoms with van der Waals surface area (Å²) in [5.74, 6) is -0.0233. The Morgan fingerprint density at radius 2 is 2.03 bits per heavy atom. The first-order valence-electron chi connectivity index (χ1n) is 8.94. The van der Waals surface area contributed by atoms with Gasteiger partial charge in [0.15, 0.2) is 10.9 Å². The van der Waals surface area contributed by atoms with Gasteiger partial charge in [-0.15, -0.1) is 0 Å². The van der Waals surface area contributed by atoms with Crippen molar-refractivity contribution in [3.8, 4) is 22.9 Å². The molecule has 30 heavy (non-hydrogen) atoms. The Labute approximate surface area is 174 Å². The van der Waals surface area contributed by atoms with Crippen LogP contribution in [-0.4, -0.2) is 39.6 Å². The topological polar surface area (TPSA) is 99.1 Å². The van der Waals surface area contributed by atoms with Crippen LogP contribution in [0.5, 0.6) is 11.6 Å². The molecule has 0 aliphatic heterocycles. The van der Waals surface area contributed by atoms with Crippen molar-refractivity contribution in [2.75, 3.05) is 19.0 Å². The molecule has 0 aliphatic carbocycles. The van der Waals surface area contributed by atoms with Crippen molar-refractivity contribution < 1.29 is 18.7 Å². The van der Waals surface area contributed by atoms with Crippen molar-refractivity contribution >= 4 is 32.6 Å². The van der Waals surface area contributed by atoms with Crippen LogP contribution in [0.3, 0.4) is 0 Å². The predicted octanol–water partition coefficient (Wildman–Crippen LogP) is 3.95. The average Bonchev–Trinajstić information content (AvgIpc) is 3.19. The number of carbonyl (C=O) groups excluding carboxylic acids is 1. The second-order valence-electron chi connectivity index (χ2n) is 6.01. The number of nitrogens with zero attached hydrogens (tertiary/aromatic N) is 4. The monoisotopic (exact) mass is 425 g/mol. The first-order chi connectivity index (χ1) is 14.6. The van der Waals surface area contributed by atoms with Gasteiger partial charge in [0.05, 0.1) is 31.8 Å². The maximum atomic E-state index is 14.0. The molecule has 1 amide bonds. The third kappa shape index (κ3) is 3.90. The lowest BCUT2D eigenvalue weighted by molar-refractivity contribution is 0.102. The number of pyridine rings is 1. The Balaban J connectivity index is 1.58. The Bertz CT molecular complexity index is 1210. The number of ether oxygens (including phenoxy) is 2. The molecule has 4 aromatic rings. The molecule has 10 heteroatoms. The molecule has 0 saturated heterocycles. The highest BCUT2D eigenvalue weighted by Gasteiger charge is 2.17. The van der Waals surface area contributed by atoms with E-state index in [0.717, 1.165) is 11.3 Å². The molecule has 8 nitrogen and oxygen atoms in total. The van der Waals surface area contributed by atoms with Crippen molar-refractivity contribution in [3.05, 3.63) is 54.4 Å². The molecule has 0 fully saturated rings. The van der Waals surface area contributed by atoms with E-state index < -0.39 is 11.7 Å². The average molecular weight is 425 g/mol. The van der Waals surface area contributed by atoms with E-state index in [4.69, 9.17) is 9.47 Å². The number of benzene rings is 1. The van der Waals surface area contributed by atoms with Crippen LogP contribution in [0.4, 0.5) is 9.52 Å². The number of fused-ring (bicyclic) bond motifs is 1. The molecule has 4 rings (SSSR count). The third-order valence-corrected chi connectivity index (χ3v) is 5.08. The predicted molar refractivity (Wildman–Crippen MR) is 111 cm³/mol. The number of carbonyl (C=O) groups is 1. The van der Waals surface area contributed by atoms with E-state index in [-0.39, 0.29) is 16.3 Å². The summed E-state index contributed by atoms with van der Waals surface area (Å²) in [5.41, 5.74) is 1.39. The lowest BCUT2D eigenvalue weighted by atomic mass is 10.2. The summed E-state index contributed by atoms with van der Waals surface area (Å²) in [6.45, 7) is 2.39. The minimum Gasteiger partial charge on any atom is -0.495 e. The van der Waals surface area contributed by atoms with E-state index in [1.165, 1.54) is 31.6 Å². The fraction of sp³-hybridized carbons (Fsp3) is 0.150. The summed E-state index contributed by atoms with van der Waals surface area (Å²) in [7, 11) is 1.49. The number of anilines is 1. The summed E-state index contributed by atoms with van der Waals surface area (Å²) < 4.78 is 25.1. The van der Waals surface area contributed by atoms with Crippen LogP contribution in [0.1, 0.15) is 17.4 Å².